The first-order valence-electron chi connectivity index (χ1n) is 14.9. The highest BCUT2D eigenvalue weighted by atomic mass is 19.1. The van der Waals surface area contributed by atoms with Gasteiger partial charge in [0.15, 0.2) is 5.67 Å². The summed E-state index contributed by atoms with van der Waals surface area (Å²) in [6.45, 7) is 5.06. The number of nitrogens with zero attached hydrogens (tertiary/aromatic N) is 2. The number of likely N-dealkylation sites (tertiary alicyclic amines) is 1. The predicted octanol–water partition coefficient (Wildman–Crippen LogP) is 6.35. The number of alkyl halides is 1. The Balaban J connectivity index is 1.22. The molecule has 6 rings (SSSR count). The summed E-state index contributed by atoms with van der Waals surface area (Å²) < 4.78 is 39.7. The molecule has 0 radical (unpaired) electrons. The molecule has 1 saturated heterocycles. The van der Waals surface area contributed by atoms with E-state index in [2.05, 4.69) is 4.90 Å². The Morgan fingerprint density at radius 3 is 2.37 bits per heavy atom. The maximum Gasteiger partial charge on any atom is 0.336 e. The minimum absolute atomic E-state index is 0.0330. The lowest BCUT2D eigenvalue weighted by molar-refractivity contribution is 0.0433. The summed E-state index contributed by atoms with van der Waals surface area (Å²) in [5, 5.41) is 9.58. The van der Waals surface area contributed by atoms with Crippen LogP contribution in [0.1, 0.15) is 91.7 Å². The van der Waals surface area contributed by atoms with Crippen LogP contribution in [-0.2, 0) is 4.74 Å². The number of hydrogen-bond donors (Lipinski definition) is 1. The number of carboxylic acid groups (broad SMARTS) is 1. The molecule has 3 aliphatic carbocycles. The molecule has 2 saturated carbocycles. The third-order valence-corrected chi connectivity index (χ3v) is 8.91. The Morgan fingerprint density at radius 1 is 1.07 bits per heavy atom. The fourth-order valence-electron chi connectivity index (χ4n) is 6.60. The van der Waals surface area contributed by atoms with Crippen LogP contribution < -0.4 is 5.56 Å². The molecule has 41 heavy (non-hydrogen) atoms. The Hall–Kier alpha value is -3.26. The average Bonchev–Trinajstić information content (AvgIpc) is 3.85. The smallest absolute Gasteiger partial charge is 0.336 e. The molecule has 2 heterocycles. The molecule has 6 nitrogen and oxygen atoms in total. The summed E-state index contributed by atoms with van der Waals surface area (Å²) in [5.41, 5.74) is -0.0265. The number of aromatic carboxylic acids is 1. The van der Waals surface area contributed by atoms with Crippen LogP contribution in [0.4, 0.5) is 8.78 Å². The number of piperidine rings is 1. The van der Waals surface area contributed by atoms with E-state index in [0.717, 1.165) is 31.3 Å². The van der Waals surface area contributed by atoms with Gasteiger partial charge in [0.05, 0.1) is 11.7 Å². The lowest BCUT2D eigenvalue weighted by Gasteiger charge is -2.40. The third kappa shape index (κ3) is 5.63. The van der Waals surface area contributed by atoms with Crippen molar-refractivity contribution in [1.82, 2.24) is 9.47 Å². The number of pyridine rings is 1. The van der Waals surface area contributed by atoms with Gasteiger partial charge in [0.2, 0.25) is 0 Å². The second kappa shape index (κ2) is 10.9. The van der Waals surface area contributed by atoms with Crippen LogP contribution in [0.3, 0.4) is 0 Å². The third-order valence-electron chi connectivity index (χ3n) is 8.91. The van der Waals surface area contributed by atoms with Gasteiger partial charge in [0.25, 0.3) is 5.56 Å². The Kier molecular flexibility index (Phi) is 7.39. The highest BCUT2D eigenvalue weighted by Crippen LogP contribution is 2.50. The molecule has 0 bridgehead atoms. The molecule has 218 valence electrons. The first-order valence-corrected chi connectivity index (χ1v) is 14.9. The molecule has 1 aromatic heterocycles. The largest absolute Gasteiger partial charge is 0.492 e. The fraction of sp³-hybridized carbons (Fsp3) is 0.515. The van der Waals surface area contributed by atoms with Crippen LogP contribution in [0.2, 0.25) is 0 Å². The standard InChI is InChI=1S/C33H38F2N2O4/c1-20(2)41-29-17-26(24-5-3-4-6-28(24)34)27(21-7-8-21)18-33(29,35)19-36-14-11-23(12-15-36)37-16-13-25(32(39)40)30(31(37)38)22-9-10-22/h3-6,13,16-18,20-23,26H,7-12,14-15,19H2,1-2H3,(H,39,40). The normalized spacial score (nSPS) is 25.6. The summed E-state index contributed by atoms with van der Waals surface area (Å²) in [4.78, 5) is 27.1. The summed E-state index contributed by atoms with van der Waals surface area (Å²) >= 11 is 0. The zero-order valence-corrected chi connectivity index (χ0v) is 23.7. The van der Waals surface area contributed by atoms with Gasteiger partial charge in [-0.3, -0.25) is 9.69 Å². The van der Waals surface area contributed by atoms with Crippen molar-refractivity contribution in [2.75, 3.05) is 19.6 Å². The monoisotopic (exact) mass is 564 g/mol. The van der Waals surface area contributed by atoms with Crippen LogP contribution in [0.5, 0.6) is 0 Å². The summed E-state index contributed by atoms with van der Waals surface area (Å²) in [6, 6.07) is 8.20. The average molecular weight is 565 g/mol. The molecule has 1 aliphatic heterocycles. The zero-order valence-electron chi connectivity index (χ0n) is 23.7. The van der Waals surface area contributed by atoms with Crippen molar-refractivity contribution < 1.29 is 23.4 Å². The highest BCUT2D eigenvalue weighted by molar-refractivity contribution is 5.89. The Labute approximate surface area is 239 Å². The number of halogens is 2. The van der Waals surface area contributed by atoms with Crippen molar-refractivity contribution in [1.29, 1.82) is 0 Å². The molecule has 2 aromatic rings. The first-order chi connectivity index (χ1) is 19.6. The van der Waals surface area contributed by atoms with Crippen molar-refractivity contribution in [3.63, 3.8) is 0 Å². The van der Waals surface area contributed by atoms with Crippen molar-refractivity contribution >= 4 is 5.97 Å². The Morgan fingerprint density at radius 2 is 1.76 bits per heavy atom. The van der Waals surface area contributed by atoms with E-state index in [1.165, 1.54) is 6.07 Å². The minimum atomic E-state index is -1.84. The lowest BCUT2D eigenvalue weighted by atomic mass is 9.78. The molecule has 1 aromatic carbocycles. The second-order valence-electron chi connectivity index (χ2n) is 12.4. The van der Waals surface area contributed by atoms with E-state index < -0.39 is 11.6 Å². The molecular weight excluding hydrogens is 526 g/mol. The number of carbonyl (C=O) groups is 1. The minimum Gasteiger partial charge on any atom is -0.492 e. The number of rotatable bonds is 9. The summed E-state index contributed by atoms with van der Waals surface area (Å²) in [5.74, 6) is -1.19. The number of benzene rings is 1. The summed E-state index contributed by atoms with van der Waals surface area (Å²) in [7, 11) is 0. The second-order valence-corrected chi connectivity index (χ2v) is 12.4. The van der Waals surface area contributed by atoms with Gasteiger partial charge in [-0.05, 0) is 94.1 Å². The maximum atomic E-state index is 17.0. The van der Waals surface area contributed by atoms with Crippen LogP contribution >= 0.6 is 0 Å². The van der Waals surface area contributed by atoms with Gasteiger partial charge in [-0.15, -0.1) is 0 Å². The van der Waals surface area contributed by atoms with Crippen LogP contribution in [0.15, 0.2) is 64.8 Å². The van der Waals surface area contributed by atoms with Gasteiger partial charge < -0.3 is 14.4 Å². The molecule has 0 amide bonds. The van der Waals surface area contributed by atoms with E-state index in [-0.39, 0.29) is 59.1 Å². The summed E-state index contributed by atoms with van der Waals surface area (Å²) in [6.07, 6.45) is 9.85. The number of hydrogen-bond acceptors (Lipinski definition) is 4. The van der Waals surface area contributed by atoms with Crippen LogP contribution in [0, 0.1) is 11.7 Å². The molecule has 2 unspecified atom stereocenters. The van der Waals surface area contributed by atoms with Gasteiger partial charge in [-0.2, -0.15) is 0 Å². The molecule has 4 aliphatic rings. The highest BCUT2D eigenvalue weighted by Gasteiger charge is 2.45. The van der Waals surface area contributed by atoms with Gasteiger partial charge in [0, 0.05) is 43.4 Å². The van der Waals surface area contributed by atoms with Crippen molar-refractivity contribution in [3.8, 4) is 0 Å². The van der Waals surface area contributed by atoms with Gasteiger partial charge in [0.1, 0.15) is 11.6 Å². The first kappa shape index (κ1) is 27.9. The van der Waals surface area contributed by atoms with E-state index in [4.69, 9.17) is 4.74 Å². The van der Waals surface area contributed by atoms with E-state index in [0.29, 0.717) is 37.1 Å². The molecule has 8 heteroatoms. The van der Waals surface area contributed by atoms with Crippen molar-refractivity contribution in [2.24, 2.45) is 5.92 Å². The molecule has 0 spiro atoms. The Bertz CT molecular complexity index is 1450. The quantitative estimate of drug-likeness (QED) is 0.360. The fourth-order valence-corrected chi connectivity index (χ4v) is 6.60. The van der Waals surface area contributed by atoms with Gasteiger partial charge >= 0.3 is 5.97 Å². The number of carboxylic acids is 1. The molecule has 2 atom stereocenters. The van der Waals surface area contributed by atoms with Crippen molar-refractivity contribution in [3.05, 3.63) is 92.9 Å². The van der Waals surface area contributed by atoms with Gasteiger partial charge in [-0.1, -0.05) is 23.8 Å². The topological polar surface area (TPSA) is 71.8 Å². The van der Waals surface area contributed by atoms with E-state index >= 15 is 4.39 Å². The van der Waals surface area contributed by atoms with E-state index in [1.54, 1.807) is 41.1 Å². The molecular formula is C33H38F2N2O4. The maximum absolute atomic E-state index is 17.0. The SMILES string of the molecule is CC(C)OC1=CC(c2ccccc2F)C(C2CC2)=CC1(F)CN1CCC(n2ccc(C(=O)O)c(C3CC3)c2=O)CC1. The number of aromatic nitrogens is 1. The van der Waals surface area contributed by atoms with Gasteiger partial charge in [-0.25, -0.2) is 13.6 Å². The molecule has 1 N–H and O–H groups in total. The van der Waals surface area contributed by atoms with Crippen molar-refractivity contribution in [2.45, 2.75) is 82.0 Å². The van der Waals surface area contributed by atoms with E-state index in [1.807, 2.05) is 19.9 Å². The zero-order chi connectivity index (χ0) is 28.9. The predicted molar refractivity (Wildman–Crippen MR) is 152 cm³/mol. The lowest BCUT2D eigenvalue weighted by Crippen LogP contribution is -2.47. The number of ether oxygens (including phenoxy) is 1. The number of allylic oxidation sites excluding steroid dienone is 2. The van der Waals surface area contributed by atoms with E-state index in [9.17, 15) is 19.1 Å². The molecule has 3 fully saturated rings. The van der Waals surface area contributed by atoms with Crippen LogP contribution in [-0.4, -0.2) is 51.9 Å². The van der Waals surface area contributed by atoms with Crippen LogP contribution in [0.25, 0.3) is 0 Å².